The van der Waals surface area contributed by atoms with Crippen LogP contribution in [0.2, 0.25) is 0 Å². The molecule has 2 aromatic carbocycles. The second kappa shape index (κ2) is 4.51. The number of rotatable bonds is 2. The van der Waals surface area contributed by atoms with Crippen molar-refractivity contribution in [3.8, 4) is 0 Å². The van der Waals surface area contributed by atoms with Crippen LogP contribution < -0.4 is 11.1 Å². The summed E-state index contributed by atoms with van der Waals surface area (Å²) in [6, 6.07) is 8.06. The van der Waals surface area contributed by atoms with Crippen molar-refractivity contribution in [2.24, 2.45) is 0 Å². The van der Waals surface area contributed by atoms with Gasteiger partial charge in [-0.1, -0.05) is 6.07 Å². The zero-order valence-corrected chi connectivity index (χ0v) is 11.1. The lowest BCUT2D eigenvalue weighted by Gasteiger charge is -2.09. The van der Waals surface area contributed by atoms with Crippen LogP contribution in [0.4, 0.5) is 21.5 Å². The Labute approximate surface area is 115 Å². The van der Waals surface area contributed by atoms with Crippen LogP contribution in [-0.4, -0.2) is 10.3 Å². The van der Waals surface area contributed by atoms with Crippen molar-refractivity contribution in [1.29, 1.82) is 0 Å². The van der Waals surface area contributed by atoms with Gasteiger partial charge >= 0.3 is 0 Å². The molecule has 1 heterocycles. The monoisotopic (exact) mass is 322 g/mol. The number of benzene rings is 2. The van der Waals surface area contributed by atoms with Crippen molar-refractivity contribution in [2.45, 2.75) is 0 Å². The summed E-state index contributed by atoms with van der Waals surface area (Å²) in [6.45, 7) is 0. The highest BCUT2D eigenvalue weighted by molar-refractivity contribution is 9.10. The van der Waals surface area contributed by atoms with Gasteiger partial charge in [-0.3, -0.25) is 0 Å². The van der Waals surface area contributed by atoms with Gasteiger partial charge in [0, 0.05) is 4.47 Å². The van der Waals surface area contributed by atoms with Gasteiger partial charge in [-0.25, -0.2) is 9.02 Å². The Hall–Kier alpha value is -2.15. The molecule has 0 radical (unpaired) electrons. The van der Waals surface area contributed by atoms with Crippen LogP contribution in [0, 0.1) is 5.82 Å². The molecule has 0 unspecified atom stereocenters. The smallest absolute Gasteiger partial charge is 0.160 e. The maximum absolute atomic E-state index is 13.8. The maximum atomic E-state index is 13.8. The number of nitrogen functional groups attached to an aromatic ring is 1. The molecule has 96 valence electrons. The van der Waals surface area contributed by atoms with Gasteiger partial charge in [-0.15, -0.1) is 0 Å². The van der Waals surface area contributed by atoms with Crippen LogP contribution >= 0.6 is 15.9 Å². The molecule has 5 nitrogen and oxygen atoms in total. The number of nitrogens with zero attached hydrogens (tertiary/aromatic N) is 2. The van der Waals surface area contributed by atoms with Gasteiger partial charge in [0.25, 0.3) is 0 Å². The van der Waals surface area contributed by atoms with Crippen LogP contribution in [0.1, 0.15) is 0 Å². The Balaban J connectivity index is 2.11. The molecule has 0 aliphatic rings. The molecule has 0 saturated carbocycles. The lowest BCUT2D eigenvalue weighted by atomic mass is 10.2. The highest BCUT2D eigenvalue weighted by Crippen LogP contribution is 2.32. The van der Waals surface area contributed by atoms with Crippen LogP contribution in [0.15, 0.2) is 39.4 Å². The van der Waals surface area contributed by atoms with Gasteiger partial charge in [0.2, 0.25) is 0 Å². The molecule has 3 N–H and O–H groups in total. The molecule has 3 aromatic rings. The van der Waals surface area contributed by atoms with E-state index >= 15 is 0 Å². The normalized spacial score (nSPS) is 10.8. The molecule has 0 bridgehead atoms. The Kier molecular flexibility index (Phi) is 2.83. The fourth-order valence-electron chi connectivity index (χ4n) is 1.74. The minimum Gasteiger partial charge on any atom is -0.397 e. The number of hydrogen-bond acceptors (Lipinski definition) is 5. The summed E-state index contributed by atoms with van der Waals surface area (Å²) in [7, 11) is 0. The molecule has 19 heavy (non-hydrogen) atoms. The summed E-state index contributed by atoms with van der Waals surface area (Å²) in [5.41, 5.74) is 7.98. The highest BCUT2D eigenvalue weighted by Gasteiger charge is 2.13. The van der Waals surface area contributed by atoms with E-state index in [0.29, 0.717) is 32.6 Å². The number of aromatic nitrogens is 2. The molecule has 1 aromatic heterocycles. The first-order chi connectivity index (χ1) is 9.16. The molecule has 0 saturated heterocycles. The lowest BCUT2D eigenvalue weighted by molar-refractivity contribution is 0.316. The lowest BCUT2D eigenvalue weighted by Crippen LogP contribution is -1.97. The predicted molar refractivity (Wildman–Crippen MR) is 73.6 cm³/mol. The fourth-order valence-corrected chi connectivity index (χ4v) is 2.18. The number of anilines is 3. The third-order valence-electron chi connectivity index (χ3n) is 2.67. The van der Waals surface area contributed by atoms with Gasteiger partial charge in [-0.2, -0.15) is 0 Å². The van der Waals surface area contributed by atoms with Crippen molar-refractivity contribution < 1.29 is 9.02 Å². The van der Waals surface area contributed by atoms with E-state index in [1.807, 2.05) is 0 Å². The summed E-state index contributed by atoms with van der Waals surface area (Å²) < 4.78 is 19.0. The number of nitrogens with one attached hydrogen (secondary N) is 1. The molecular weight excluding hydrogens is 315 g/mol. The van der Waals surface area contributed by atoms with E-state index in [1.54, 1.807) is 24.3 Å². The number of fused-ring (bicyclic) bond motifs is 1. The Bertz CT molecular complexity index is 738. The largest absolute Gasteiger partial charge is 0.397 e. The molecule has 0 spiro atoms. The van der Waals surface area contributed by atoms with Crippen LogP contribution in [0.25, 0.3) is 11.0 Å². The second-order valence-electron chi connectivity index (χ2n) is 3.89. The third kappa shape index (κ3) is 2.01. The number of para-hydroxylation sites is 1. The fraction of sp³-hybridized carbons (Fsp3) is 0. The number of hydrogen-bond donors (Lipinski definition) is 2. The van der Waals surface area contributed by atoms with E-state index in [-0.39, 0.29) is 5.82 Å². The average molecular weight is 323 g/mol. The molecule has 3 rings (SSSR count). The zero-order chi connectivity index (χ0) is 13.4. The number of nitrogens with two attached hydrogens (primary N) is 1. The minimum absolute atomic E-state index is 0.316. The molecule has 0 amide bonds. The van der Waals surface area contributed by atoms with Crippen molar-refractivity contribution in [3.63, 3.8) is 0 Å². The standard InChI is InChI=1S/C12H8BrFN4O/c13-6-2-1-3-7(14)10(6)16-9-5-4-8(15)11-12(9)18-19-17-11/h1-5,16H,15H2. The second-order valence-corrected chi connectivity index (χ2v) is 4.74. The van der Waals surface area contributed by atoms with Gasteiger partial charge in [0.05, 0.1) is 17.1 Å². The summed E-state index contributed by atoms with van der Waals surface area (Å²) in [6.07, 6.45) is 0. The Morgan fingerprint density at radius 2 is 1.95 bits per heavy atom. The molecule has 0 aliphatic carbocycles. The van der Waals surface area contributed by atoms with Gasteiger partial charge in [0.1, 0.15) is 5.82 Å². The van der Waals surface area contributed by atoms with Gasteiger partial charge in [0.15, 0.2) is 11.0 Å². The molecule has 0 fully saturated rings. The van der Waals surface area contributed by atoms with Gasteiger partial charge in [-0.05, 0) is 50.5 Å². The first-order valence-corrected chi connectivity index (χ1v) is 6.18. The number of halogens is 2. The van der Waals surface area contributed by atoms with E-state index in [2.05, 4.69) is 36.2 Å². The minimum atomic E-state index is -0.379. The van der Waals surface area contributed by atoms with E-state index in [4.69, 9.17) is 5.73 Å². The van der Waals surface area contributed by atoms with Gasteiger partial charge < -0.3 is 11.1 Å². The SMILES string of the molecule is Nc1ccc(Nc2c(F)cccc2Br)c2nonc12. The van der Waals surface area contributed by atoms with Crippen molar-refractivity contribution >= 4 is 44.0 Å². The van der Waals surface area contributed by atoms with Crippen LogP contribution in [-0.2, 0) is 0 Å². The quantitative estimate of drug-likeness (QED) is 0.706. The third-order valence-corrected chi connectivity index (χ3v) is 3.33. The summed E-state index contributed by atoms with van der Waals surface area (Å²) in [4.78, 5) is 0. The van der Waals surface area contributed by atoms with Crippen molar-refractivity contribution in [1.82, 2.24) is 10.3 Å². The summed E-state index contributed by atoms with van der Waals surface area (Å²) in [5.74, 6) is -0.379. The molecular formula is C12H8BrFN4O. The first kappa shape index (κ1) is 11.9. The topological polar surface area (TPSA) is 77.0 Å². The van der Waals surface area contributed by atoms with Crippen LogP contribution in [0.3, 0.4) is 0 Å². The van der Waals surface area contributed by atoms with E-state index in [1.165, 1.54) is 6.07 Å². The molecule has 0 atom stereocenters. The van der Waals surface area contributed by atoms with Crippen molar-refractivity contribution in [3.05, 3.63) is 40.6 Å². The predicted octanol–water partition coefficient (Wildman–Crippen LogP) is 3.45. The first-order valence-electron chi connectivity index (χ1n) is 5.38. The van der Waals surface area contributed by atoms with Crippen molar-refractivity contribution in [2.75, 3.05) is 11.1 Å². The molecule has 0 aliphatic heterocycles. The summed E-state index contributed by atoms with van der Waals surface area (Å²) >= 11 is 3.29. The molecule has 7 heteroatoms. The Morgan fingerprint density at radius 1 is 1.16 bits per heavy atom. The average Bonchev–Trinajstić information content (AvgIpc) is 2.87. The Morgan fingerprint density at radius 3 is 2.74 bits per heavy atom. The highest BCUT2D eigenvalue weighted by atomic mass is 79.9. The zero-order valence-electron chi connectivity index (χ0n) is 9.52. The van der Waals surface area contributed by atoms with E-state index in [0.717, 1.165) is 0 Å². The maximum Gasteiger partial charge on any atom is 0.160 e. The van der Waals surface area contributed by atoms with Crippen LogP contribution in [0.5, 0.6) is 0 Å². The summed E-state index contributed by atoms with van der Waals surface area (Å²) in [5, 5.41) is 10.4. The van der Waals surface area contributed by atoms with E-state index < -0.39 is 0 Å². The van der Waals surface area contributed by atoms with E-state index in [9.17, 15) is 4.39 Å².